The molecule has 0 saturated carbocycles. The Bertz CT molecular complexity index is 401. The highest BCUT2D eigenvalue weighted by atomic mass is 16.6. The number of hydrogen-bond acceptors (Lipinski definition) is 3. The summed E-state index contributed by atoms with van der Waals surface area (Å²) < 4.78 is 11.2. The van der Waals surface area contributed by atoms with Crippen LogP contribution in [0.1, 0.15) is 32.8 Å². The average Bonchev–Trinajstić information content (AvgIpc) is 2.38. The van der Waals surface area contributed by atoms with Gasteiger partial charge >= 0.3 is 0 Å². The molecule has 1 aromatic carbocycles. The van der Waals surface area contributed by atoms with Crippen LogP contribution in [0.15, 0.2) is 18.2 Å². The van der Waals surface area contributed by atoms with E-state index >= 15 is 0 Å². The minimum Gasteiger partial charge on any atom is -0.486 e. The molecule has 0 bridgehead atoms. The maximum atomic E-state index is 5.64. The lowest BCUT2D eigenvalue weighted by atomic mass is 9.84. The number of nitrogens with one attached hydrogen (secondary N) is 1. The van der Waals surface area contributed by atoms with E-state index in [4.69, 9.17) is 9.47 Å². The van der Waals surface area contributed by atoms with E-state index in [-0.39, 0.29) is 5.41 Å². The van der Waals surface area contributed by atoms with E-state index in [0.717, 1.165) is 31.0 Å². The third-order valence-electron chi connectivity index (χ3n) is 3.32. The molecule has 0 amide bonds. The molecule has 1 aliphatic heterocycles. The molecule has 1 aromatic rings. The molecule has 0 aliphatic carbocycles. The molecule has 0 fully saturated rings. The Morgan fingerprint density at radius 2 is 1.89 bits per heavy atom. The lowest BCUT2D eigenvalue weighted by Gasteiger charge is -2.28. The molecule has 0 aromatic heterocycles. The molecule has 3 heteroatoms. The topological polar surface area (TPSA) is 30.5 Å². The molecule has 0 unspecified atom stereocenters. The van der Waals surface area contributed by atoms with Gasteiger partial charge in [-0.05, 0) is 30.7 Å². The van der Waals surface area contributed by atoms with Crippen LogP contribution in [0, 0.1) is 0 Å². The standard InChI is InChI=1S/C15H23NO2/c1-4-7-16-11-15(2,3)12-5-6-13-14(10-12)18-9-8-17-13/h5-6,10,16H,4,7-9,11H2,1-3H3. The van der Waals surface area contributed by atoms with Gasteiger partial charge in [-0.3, -0.25) is 0 Å². The van der Waals surface area contributed by atoms with E-state index in [1.165, 1.54) is 5.56 Å². The maximum Gasteiger partial charge on any atom is 0.161 e. The van der Waals surface area contributed by atoms with Gasteiger partial charge in [-0.25, -0.2) is 0 Å². The summed E-state index contributed by atoms with van der Waals surface area (Å²) in [6, 6.07) is 6.27. The molecule has 1 heterocycles. The van der Waals surface area contributed by atoms with Gasteiger partial charge in [0.1, 0.15) is 13.2 Å². The van der Waals surface area contributed by atoms with E-state index in [0.29, 0.717) is 13.2 Å². The van der Waals surface area contributed by atoms with Crippen LogP contribution in [0.2, 0.25) is 0 Å². The number of ether oxygens (including phenoxy) is 2. The monoisotopic (exact) mass is 249 g/mol. The molecular formula is C15H23NO2. The highest BCUT2D eigenvalue weighted by molar-refractivity contribution is 5.45. The van der Waals surface area contributed by atoms with E-state index in [2.05, 4.69) is 38.2 Å². The fourth-order valence-electron chi connectivity index (χ4n) is 2.14. The molecule has 3 nitrogen and oxygen atoms in total. The molecule has 1 aliphatic rings. The van der Waals surface area contributed by atoms with Gasteiger partial charge in [0.15, 0.2) is 11.5 Å². The van der Waals surface area contributed by atoms with Crippen molar-refractivity contribution in [3.63, 3.8) is 0 Å². The molecular weight excluding hydrogens is 226 g/mol. The molecule has 0 radical (unpaired) electrons. The van der Waals surface area contributed by atoms with Gasteiger partial charge < -0.3 is 14.8 Å². The highest BCUT2D eigenvalue weighted by Crippen LogP contribution is 2.34. The Morgan fingerprint density at radius 1 is 1.17 bits per heavy atom. The van der Waals surface area contributed by atoms with Crippen LogP contribution in [-0.4, -0.2) is 26.3 Å². The quantitative estimate of drug-likeness (QED) is 0.814. The van der Waals surface area contributed by atoms with Gasteiger partial charge in [0, 0.05) is 12.0 Å². The molecule has 0 spiro atoms. The van der Waals surface area contributed by atoms with Gasteiger partial charge in [-0.1, -0.05) is 26.8 Å². The third-order valence-corrected chi connectivity index (χ3v) is 3.32. The summed E-state index contributed by atoms with van der Waals surface area (Å²) in [6.45, 7) is 10.0. The number of fused-ring (bicyclic) bond motifs is 1. The molecule has 18 heavy (non-hydrogen) atoms. The van der Waals surface area contributed by atoms with Crippen LogP contribution in [0.4, 0.5) is 0 Å². The van der Waals surface area contributed by atoms with Gasteiger partial charge in [0.25, 0.3) is 0 Å². The summed E-state index contributed by atoms with van der Waals surface area (Å²) in [6.07, 6.45) is 1.16. The fourth-order valence-corrected chi connectivity index (χ4v) is 2.14. The van der Waals surface area contributed by atoms with Crippen molar-refractivity contribution in [1.82, 2.24) is 5.32 Å². The van der Waals surface area contributed by atoms with Crippen molar-refractivity contribution in [2.75, 3.05) is 26.3 Å². The maximum absolute atomic E-state index is 5.64. The Balaban J connectivity index is 2.11. The van der Waals surface area contributed by atoms with Crippen molar-refractivity contribution in [1.29, 1.82) is 0 Å². The second-order valence-corrected chi connectivity index (χ2v) is 5.42. The number of rotatable bonds is 5. The van der Waals surface area contributed by atoms with Crippen LogP contribution in [0.25, 0.3) is 0 Å². The SMILES string of the molecule is CCCNCC(C)(C)c1ccc2c(c1)OCCO2. The lowest BCUT2D eigenvalue weighted by Crippen LogP contribution is -2.33. The Hall–Kier alpha value is -1.22. The predicted molar refractivity (Wildman–Crippen MR) is 73.6 cm³/mol. The molecule has 2 rings (SSSR count). The summed E-state index contributed by atoms with van der Waals surface area (Å²) >= 11 is 0. The first kappa shape index (κ1) is 13.2. The predicted octanol–water partition coefficient (Wildman–Crippen LogP) is 2.74. The molecule has 1 N–H and O–H groups in total. The van der Waals surface area contributed by atoms with Gasteiger partial charge in [-0.2, -0.15) is 0 Å². The van der Waals surface area contributed by atoms with Gasteiger partial charge in [0.2, 0.25) is 0 Å². The van der Waals surface area contributed by atoms with E-state index < -0.39 is 0 Å². The first-order valence-electron chi connectivity index (χ1n) is 6.74. The first-order chi connectivity index (χ1) is 8.63. The smallest absolute Gasteiger partial charge is 0.161 e. The van der Waals surface area contributed by atoms with Crippen LogP contribution in [0.3, 0.4) is 0 Å². The third kappa shape index (κ3) is 2.96. The zero-order valence-corrected chi connectivity index (χ0v) is 11.6. The van der Waals surface area contributed by atoms with Crippen LogP contribution in [-0.2, 0) is 5.41 Å². The van der Waals surface area contributed by atoms with Crippen LogP contribution >= 0.6 is 0 Å². The number of benzene rings is 1. The second kappa shape index (κ2) is 5.61. The minimum atomic E-state index is 0.102. The summed E-state index contributed by atoms with van der Waals surface area (Å²) in [5, 5.41) is 3.48. The molecule has 0 saturated heterocycles. The summed E-state index contributed by atoms with van der Waals surface area (Å²) in [7, 11) is 0. The Labute approximate surface area is 109 Å². The van der Waals surface area contributed by atoms with Crippen molar-refractivity contribution in [3.8, 4) is 11.5 Å². The Kier molecular flexibility index (Phi) is 4.12. The Morgan fingerprint density at radius 3 is 2.61 bits per heavy atom. The first-order valence-corrected chi connectivity index (χ1v) is 6.74. The fraction of sp³-hybridized carbons (Fsp3) is 0.600. The van der Waals surface area contributed by atoms with Crippen molar-refractivity contribution in [3.05, 3.63) is 23.8 Å². The van der Waals surface area contributed by atoms with Crippen molar-refractivity contribution < 1.29 is 9.47 Å². The second-order valence-electron chi connectivity index (χ2n) is 5.42. The van der Waals surface area contributed by atoms with E-state index in [9.17, 15) is 0 Å². The molecule has 0 atom stereocenters. The lowest BCUT2D eigenvalue weighted by molar-refractivity contribution is 0.171. The minimum absolute atomic E-state index is 0.102. The summed E-state index contributed by atoms with van der Waals surface area (Å²) in [4.78, 5) is 0. The van der Waals surface area contributed by atoms with Gasteiger partial charge in [0.05, 0.1) is 0 Å². The summed E-state index contributed by atoms with van der Waals surface area (Å²) in [5.74, 6) is 1.74. The van der Waals surface area contributed by atoms with E-state index in [1.807, 2.05) is 6.07 Å². The van der Waals surface area contributed by atoms with Crippen molar-refractivity contribution in [2.24, 2.45) is 0 Å². The largest absolute Gasteiger partial charge is 0.486 e. The van der Waals surface area contributed by atoms with Crippen LogP contribution in [0.5, 0.6) is 11.5 Å². The zero-order chi connectivity index (χ0) is 13.0. The van der Waals surface area contributed by atoms with E-state index in [1.54, 1.807) is 0 Å². The van der Waals surface area contributed by atoms with Crippen LogP contribution < -0.4 is 14.8 Å². The van der Waals surface area contributed by atoms with Crippen molar-refractivity contribution >= 4 is 0 Å². The van der Waals surface area contributed by atoms with Gasteiger partial charge in [-0.15, -0.1) is 0 Å². The average molecular weight is 249 g/mol. The van der Waals surface area contributed by atoms with Crippen molar-refractivity contribution in [2.45, 2.75) is 32.6 Å². The zero-order valence-electron chi connectivity index (χ0n) is 11.6. The summed E-state index contributed by atoms with van der Waals surface area (Å²) in [5.41, 5.74) is 1.39. The molecule has 100 valence electrons. The normalized spacial score (nSPS) is 14.6. The number of hydrogen-bond donors (Lipinski definition) is 1. The highest BCUT2D eigenvalue weighted by Gasteiger charge is 2.22.